The van der Waals surface area contributed by atoms with Gasteiger partial charge in [-0.2, -0.15) is 0 Å². The molecule has 1 spiro atoms. The first-order chi connectivity index (χ1) is 10.3. The van der Waals surface area contributed by atoms with Crippen molar-refractivity contribution < 1.29 is 9.53 Å². The molecule has 2 aliphatic heterocycles. The van der Waals surface area contributed by atoms with Gasteiger partial charge in [-0.3, -0.25) is 9.79 Å². The predicted octanol–water partition coefficient (Wildman–Crippen LogP) is 1.63. The van der Waals surface area contributed by atoms with E-state index in [9.17, 15) is 4.79 Å². The summed E-state index contributed by atoms with van der Waals surface area (Å²) in [6, 6.07) is 0. The number of thioether (sulfide) groups is 1. The van der Waals surface area contributed by atoms with E-state index in [1.165, 1.54) is 32.1 Å². The second kappa shape index (κ2) is 7.01. The Morgan fingerprint density at radius 3 is 2.81 bits per heavy atom. The number of morpholine rings is 1. The fraction of sp³-hybridized carbons (Fsp3) is 0.867. The number of nitrogens with zero attached hydrogens (tertiary/aromatic N) is 2. The van der Waals surface area contributed by atoms with Crippen LogP contribution in [0.3, 0.4) is 0 Å². The third kappa shape index (κ3) is 3.92. The summed E-state index contributed by atoms with van der Waals surface area (Å²) in [6.45, 7) is 3.39. The summed E-state index contributed by atoms with van der Waals surface area (Å²) in [5.41, 5.74) is 0.302. The van der Waals surface area contributed by atoms with Crippen LogP contribution in [0.1, 0.15) is 38.5 Å². The highest BCUT2D eigenvalue weighted by Gasteiger charge is 2.37. The summed E-state index contributed by atoms with van der Waals surface area (Å²) in [7, 11) is 0. The van der Waals surface area contributed by atoms with E-state index >= 15 is 0 Å². The zero-order valence-electron chi connectivity index (χ0n) is 12.6. The molecule has 3 fully saturated rings. The standard InChI is InChI=1S/C15H25N3O2S/c19-13(18-8-10-20-11-9-18)4-7-16-14-17-15(12-21-14)5-2-1-3-6-15/h1-12H2,(H,16,17). The minimum absolute atomic E-state index is 0.207. The number of rotatable bonds is 3. The third-order valence-corrected chi connectivity index (χ3v) is 5.81. The van der Waals surface area contributed by atoms with Crippen LogP contribution in [-0.4, -0.2) is 60.1 Å². The molecular formula is C15H25N3O2S. The highest BCUT2D eigenvalue weighted by molar-refractivity contribution is 8.14. The van der Waals surface area contributed by atoms with Gasteiger partial charge in [0.05, 0.1) is 19.8 Å². The maximum atomic E-state index is 12.0. The van der Waals surface area contributed by atoms with Crippen LogP contribution in [-0.2, 0) is 9.53 Å². The van der Waals surface area contributed by atoms with Crippen molar-refractivity contribution in [3.05, 3.63) is 0 Å². The normalized spacial score (nSPS) is 27.0. The van der Waals surface area contributed by atoms with Crippen molar-refractivity contribution >= 4 is 22.8 Å². The molecule has 2 heterocycles. The molecule has 0 aromatic heterocycles. The maximum Gasteiger partial charge on any atom is 0.224 e. The van der Waals surface area contributed by atoms with Gasteiger partial charge in [0.2, 0.25) is 5.91 Å². The molecule has 1 aliphatic carbocycles. The smallest absolute Gasteiger partial charge is 0.224 e. The largest absolute Gasteiger partial charge is 0.378 e. The Morgan fingerprint density at radius 1 is 1.29 bits per heavy atom. The molecule has 1 N–H and O–H groups in total. The lowest BCUT2D eigenvalue weighted by molar-refractivity contribution is -0.135. The number of ether oxygens (including phenoxy) is 1. The van der Waals surface area contributed by atoms with Gasteiger partial charge in [0.1, 0.15) is 0 Å². The number of aliphatic imine (C=N–C) groups is 1. The Bertz CT molecular complexity index is 402. The van der Waals surface area contributed by atoms with E-state index in [4.69, 9.17) is 4.74 Å². The van der Waals surface area contributed by atoms with Gasteiger partial charge in [-0.1, -0.05) is 31.0 Å². The molecule has 1 amide bonds. The minimum atomic E-state index is 0.207. The molecule has 1 saturated carbocycles. The molecule has 5 nitrogen and oxygen atoms in total. The lowest BCUT2D eigenvalue weighted by Gasteiger charge is -2.32. The van der Waals surface area contributed by atoms with Crippen molar-refractivity contribution in [3.8, 4) is 0 Å². The quantitative estimate of drug-likeness (QED) is 0.861. The van der Waals surface area contributed by atoms with Crippen molar-refractivity contribution in [2.24, 2.45) is 4.99 Å². The number of carbonyl (C=O) groups excluding carboxylic acids is 1. The number of amides is 1. The van der Waals surface area contributed by atoms with E-state index in [0.717, 1.165) is 24.0 Å². The number of hydrogen-bond acceptors (Lipinski definition) is 4. The minimum Gasteiger partial charge on any atom is -0.378 e. The molecule has 0 radical (unpaired) electrons. The first kappa shape index (κ1) is 15.2. The van der Waals surface area contributed by atoms with Crippen LogP contribution >= 0.6 is 11.8 Å². The number of nitrogens with one attached hydrogen (secondary N) is 1. The molecule has 118 valence electrons. The van der Waals surface area contributed by atoms with Crippen molar-refractivity contribution in [1.29, 1.82) is 0 Å². The van der Waals surface area contributed by atoms with E-state index in [1.54, 1.807) is 0 Å². The molecule has 3 aliphatic rings. The van der Waals surface area contributed by atoms with Gasteiger partial charge in [0, 0.05) is 30.8 Å². The Balaban J connectivity index is 1.43. The summed E-state index contributed by atoms with van der Waals surface area (Å²) in [5, 5.41) is 4.68. The van der Waals surface area contributed by atoms with E-state index in [-0.39, 0.29) is 5.91 Å². The first-order valence-corrected chi connectivity index (χ1v) is 9.07. The monoisotopic (exact) mass is 311 g/mol. The highest BCUT2D eigenvalue weighted by atomic mass is 32.2. The summed E-state index contributed by atoms with van der Waals surface area (Å²) in [4.78, 5) is 18.5. The van der Waals surface area contributed by atoms with E-state index in [1.807, 2.05) is 16.7 Å². The molecule has 21 heavy (non-hydrogen) atoms. The van der Waals surface area contributed by atoms with Gasteiger partial charge in [0.25, 0.3) is 0 Å². The third-order valence-electron chi connectivity index (χ3n) is 4.61. The van der Waals surface area contributed by atoms with Crippen LogP contribution in [0, 0.1) is 0 Å². The average Bonchev–Trinajstić information content (AvgIpc) is 2.91. The Morgan fingerprint density at radius 2 is 2.05 bits per heavy atom. The van der Waals surface area contributed by atoms with Crippen LogP contribution in [0.25, 0.3) is 0 Å². The second-order valence-corrected chi connectivity index (χ2v) is 7.15. The SMILES string of the molecule is O=C(CCN=C1NC2(CCCCC2)CS1)N1CCOCC1. The van der Waals surface area contributed by atoms with Crippen molar-refractivity contribution in [3.63, 3.8) is 0 Å². The lowest BCUT2D eigenvalue weighted by atomic mass is 9.83. The van der Waals surface area contributed by atoms with Crippen LogP contribution in [0.4, 0.5) is 0 Å². The zero-order valence-corrected chi connectivity index (χ0v) is 13.4. The van der Waals surface area contributed by atoms with Gasteiger partial charge in [-0.25, -0.2) is 0 Å². The fourth-order valence-electron chi connectivity index (χ4n) is 3.31. The molecule has 6 heteroatoms. The van der Waals surface area contributed by atoms with Gasteiger partial charge < -0.3 is 15.0 Å². The molecule has 0 aromatic carbocycles. The van der Waals surface area contributed by atoms with E-state index in [0.29, 0.717) is 31.7 Å². The van der Waals surface area contributed by atoms with Gasteiger partial charge in [-0.05, 0) is 12.8 Å². The molecular weight excluding hydrogens is 286 g/mol. The van der Waals surface area contributed by atoms with Crippen molar-refractivity contribution in [1.82, 2.24) is 10.2 Å². The summed E-state index contributed by atoms with van der Waals surface area (Å²) in [5.74, 6) is 1.35. The Labute approximate surface area is 130 Å². The molecule has 2 saturated heterocycles. The zero-order chi connectivity index (χ0) is 14.5. The Kier molecular flexibility index (Phi) is 5.06. The van der Waals surface area contributed by atoms with Crippen molar-refractivity contribution in [2.45, 2.75) is 44.1 Å². The highest BCUT2D eigenvalue weighted by Crippen LogP contribution is 2.36. The van der Waals surface area contributed by atoms with Gasteiger partial charge in [0.15, 0.2) is 5.17 Å². The molecule has 0 aromatic rings. The average molecular weight is 311 g/mol. The van der Waals surface area contributed by atoms with Gasteiger partial charge in [-0.15, -0.1) is 0 Å². The van der Waals surface area contributed by atoms with Gasteiger partial charge >= 0.3 is 0 Å². The van der Waals surface area contributed by atoms with Crippen LogP contribution in [0.15, 0.2) is 4.99 Å². The lowest BCUT2D eigenvalue weighted by Crippen LogP contribution is -2.45. The molecule has 0 atom stereocenters. The fourth-order valence-corrected chi connectivity index (χ4v) is 4.56. The second-order valence-electron chi connectivity index (χ2n) is 6.18. The molecule has 3 rings (SSSR count). The first-order valence-electron chi connectivity index (χ1n) is 8.08. The topological polar surface area (TPSA) is 53.9 Å². The number of hydrogen-bond donors (Lipinski definition) is 1. The van der Waals surface area contributed by atoms with Crippen LogP contribution < -0.4 is 5.32 Å². The number of amidine groups is 1. The summed E-state index contributed by atoms with van der Waals surface area (Å²) < 4.78 is 5.26. The molecule has 0 unspecified atom stereocenters. The van der Waals surface area contributed by atoms with E-state index in [2.05, 4.69) is 10.3 Å². The summed E-state index contributed by atoms with van der Waals surface area (Å²) in [6.07, 6.45) is 7.08. The van der Waals surface area contributed by atoms with Crippen LogP contribution in [0.2, 0.25) is 0 Å². The van der Waals surface area contributed by atoms with Crippen LogP contribution in [0.5, 0.6) is 0 Å². The predicted molar refractivity (Wildman–Crippen MR) is 85.7 cm³/mol. The number of carbonyl (C=O) groups is 1. The summed E-state index contributed by atoms with van der Waals surface area (Å²) >= 11 is 1.83. The maximum absolute atomic E-state index is 12.0. The van der Waals surface area contributed by atoms with E-state index < -0.39 is 0 Å². The molecule has 0 bridgehead atoms. The van der Waals surface area contributed by atoms with Crippen molar-refractivity contribution in [2.75, 3.05) is 38.6 Å². The Hall–Kier alpha value is -0.750.